The quantitative estimate of drug-likeness (QED) is 0.746. The maximum absolute atomic E-state index is 11.2. The van der Waals surface area contributed by atoms with Gasteiger partial charge in [0.1, 0.15) is 5.54 Å². The van der Waals surface area contributed by atoms with Crippen LogP contribution in [0.3, 0.4) is 0 Å². The summed E-state index contributed by atoms with van der Waals surface area (Å²) in [5, 5.41) is 9.17. The van der Waals surface area contributed by atoms with E-state index in [4.69, 9.17) is 5.73 Å². The molecule has 0 aromatic carbocycles. The molecule has 0 aromatic heterocycles. The summed E-state index contributed by atoms with van der Waals surface area (Å²) in [6, 6.07) is 0.682. The van der Waals surface area contributed by atoms with Crippen LogP contribution in [0.5, 0.6) is 0 Å². The second kappa shape index (κ2) is 7.85. The number of carboxylic acids is 1. The lowest BCUT2D eigenvalue weighted by molar-refractivity contribution is -0.143. The SMILES string of the molecule is CCC1CCCCCN1CCCC(N)(CC)C(=O)O. The number of rotatable bonds is 7. The molecule has 0 bridgehead atoms. The first-order chi connectivity index (χ1) is 9.03. The zero-order valence-electron chi connectivity index (χ0n) is 12.5. The van der Waals surface area contributed by atoms with Crippen molar-refractivity contribution in [2.45, 2.75) is 76.8 Å². The highest BCUT2D eigenvalue weighted by Gasteiger charge is 2.31. The number of hydrogen-bond acceptors (Lipinski definition) is 3. The second-order valence-electron chi connectivity index (χ2n) is 5.87. The van der Waals surface area contributed by atoms with E-state index in [1.165, 1.54) is 32.1 Å². The minimum absolute atomic E-state index is 0.500. The van der Waals surface area contributed by atoms with E-state index in [1.54, 1.807) is 0 Å². The van der Waals surface area contributed by atoms with Gasteiger partial charge in [-0.1, -0.05) is 26.7 Å². The zero-order chi connectivity index (χ0) is 14.3. The first-order valence-corrected chi connectivity index (χ1v) is 7.79. The van der Waals surface area contributed by atoms with E-state index < -0.39 is 11.5 Å². The standard InChI is InChI=1S/C15H30N2O2/c1-3-13-9-6-5-7-11-17(13)12-8-10-15(16,4-2)14(18)19/h13H,3-12,16H2,1-2H3,(H,18,19). The molecule has 0 aromatic rings. The Balaban J connectivity index is 2.43. The van der Waals surface area contributed by atoms with Crippen LogP contribution >= 0.6 is 0 Å². The molecule has 1 fully saturated rings. The molecule has 2 atom stereocenters. The van der Waals surface area contributed by atoms with Crippen molar-refractivity contribution < 1.29 is 9.90 Å². The number of nitrogens with zero attached hydrogens (tertiary/aromatic N) is 1. The van der Waals surface area contributed by atoms with Crippen LogP contribution in [0.4, 0.5) is 0 Å². The molecular weight excluding hydrogens is 240 g/mol. The normalized spacial score (nSPS) is 24.7. The van der Waals surface area contributed by atoms with E-state index in [0.29, 0.717) is 18.9 Å². The number of carboxylic acid groups (broad SMARTS) is 1. The molecule has 1 heterocycles. The van der Waals surface area contributed by atoms with Gasteiger partial charge in [-0.3, -0.25) is 4.79 Å². The van der Waals surface area contributed by atoms with Crippen molar-refractivity contribution in [3.63, 3.8) is 0 Å². The van der Waals surface area contributed by atoms with Gasteiger partial charge in [0.25, 0.3) is 0 Å². The average molecular weight is 270 g/mol. The number of likely N-dealkylation sites (tertiary alicyclic amines) is 1. The third-order valence-electron chi connectivity index (χ3n) is 4.60. The van der Waals surface area contributed by atoms with Gasteiger partial charge in [0.2, 0.25) is 0 Å². The summed E-state index contributed by atoms with van der Waals surface area (Å²) in [5.41, 5.74) is 4.90. The fourth-order valence-corrected chi connectivity index (χ4v) is 3.03. The lowest BCUT2D eigenvalue weighted by atomic mass is 9.91. The molecule has 0 radical (unpaired) electrons. The van der Waals surface area contributed by atoms with Crippen molar-refractivity contribution in [1.82, 2.24) is 4.90 Å². The number of aliphatic carboxylic acids is 1. The minimum Gasteiger partial charge on any atom is -0.480 e. The maximum atomic E-state index is 11.2. The van der Waals surface area contributed by atoms with Crippen molar-refractivity contribution in [3.8, 4) is 0 Å². The van der Waals surface area contributed by atoms with Crippen molar-refractivity contribution in [1.29, 1.82) is 0 Å². The van der Waals surface area contributed by atoms with Gasteiger partial charge in [0.15, 0.2) is 0 Å². The summed E-state index contributed by atoms with van der Waals surface area (Å²) in [6.07, 6.45) is 8.38. The first kappa shape index (κ1) is 16.4. The second-order valence-corrected chi connectivity index (χ2v) is 5.87. The molecule has 0 aliphatic carbocycles. The Morgan fingerprint density at radius 2 is 2.11 bits per heavy atom. The van der Waals surface area contributed by atoms with Gasteiger partial charge in [0, 0.05) is 6.04 Å². The number of hydrogen-bond donors (Lipinski definition) is 2. The summed E-state index contributed by atoms with van der Waals surface area (Å²) in [7, 11) is 0. The van der Waals surface area contributed by atoms with Gasteiger partial charge in [-0.05, 0) is 51.6 Å². The van der Waals surface area contributed by atoms with Crippen LogP contribution in [0, 0.1) is 0 Å². The van der Waals surface area contributed by atoms with Gasteiger partial charge in [-0.2, -0.15) is 0 Å². The highest BCUT2D eigenvalue weighted by atomic mass is 16.4. The molecule has 19 heavy (non-hydrogen) atoms. The molecule has 1 rings (SSSR count). The summed E-state index contributed by atoms with van der Waals surface area (Å²) < 4.78 is 0. The van der Waals surface area contributed by atoms with E-state index in [1.807, 2.05) is 6.92 Å². The smallest absolute Gasteiger partial charge is 0.323 e. The Hall–Kier alpha value is -0.610. The van der Waals surface area contributed by atoms with Crippen LogP contribution in [-0.2, 0) is 4.79 Å². The molecule has 0 spiro atoms. The maximum Gasteiger partial charge on any atom is 0.323 e. The predicted octanol–water partition coefficient (Wildman–Crippen LogP) is 2.61. The molecule has 1 saturated heterocycles. The molecule has 112 valence electrons. The highest BCUT2D eigenvalue weighted by molar-refractivity contribution is 5.78. The molecule has 0 saturated carbocycles. The molecule has 3 N–H and O–H groups in total. The van der Waals surface area contributed by atoms with Gasteiger partial charge in [0.05, 0.1) is 0 Å². The monoisotopic (exact) mass is 270 g/mol. The Bertz CT molecular complexity index is 283. The fraction of sp³-hybridized carbons (Fsp3) is 0.933. The fourth-order valence-electron chi connectivity index (χ4n) is 3.03. The predicted molar refractivity (Wildman–Crippen MR) is 78.2 cm³/mol. The van der Waals surface area contributed by atoms with Gasteiger partial charge < -0.3 is 15.7 Å². The van der Waals surface area contributed by atoms with Crippen LogP contribution in [0.25, 0.3) is 0 Å². The summed E-state index contributed by atoms with van der Waals surface area (Å²) in [5.74, 6) is -0.863. The molecule has 4 heteroatoms. The summed E-state index contributed by atoms with van der Waals surface area (Å²) >= 11 is 0. The van der Waals surface area contributed by atoms with Crippen LogP contribution < -0.4 is 5.73 Å². The van der Waals surface area contributed by atoms with Crippen molar-refractivity contribution in [3.05, 3.63) is 0 Å². The van der Waals surface area contributed by atoms with E-state index in [0.717, 1.165) is 19.5 Å². The number of nitrogens with two attached hydrogens (primary N) is 1. The van der Waals surface area contributed by atoms with E-state index in [-0.39, 0.29) is 0 Å². The van der Waals surface area contributed by atoms with E-state index >= 15 is 0 Å². The lowest BCUT2D eigenvalue weighted by Gasteiger charge is -2.30. The lowest BCUT2D eigenvalue weighted by Crippen LogP contribution is -2.48. The zero-order valence-corrected chi connectivity index (χ0v) is 12.5. The highest BCUT2D eigenvalue weighted by Crippen LogP contribution is 2.21. The Morgan fingerprint density at radius 1 is 1.37 bits per heavy atom. The van der Waals surface area contributed by atoms with Gasteiger partial charge in [-0.25, -0.2) is 0 Å². The van der Waals surface area contributed by atoms with Crippen LogP contribution in [0.2, 0.25) is 0 Å². The third kappa shape index (κ3) is 4.77. The molecule has 1 aliphatic rings. The van der Waals surface area contributed by atoms with Crippen LogP contribution in [0.1, 0.15) is 65.2 Å². The molecule has 2 unspecified atom stereocenters. The Kier molecular flexibility index (Phi) is 6.80. The average Bonchev–Trinajstić information content (AvgIpc) is 2.63. The third-order valence-corrected chi connectivity index (χ3v) is 4.60. The van der Waals surface area contributed by atoms with Crippen LogP contribution in [0.15, 0.2) is 0 Å². The van der Waals surface area contributed by atoms with Crippen LogP contribution in [-0.4, -0.2) is 40.6 Å². The molecular formula is C15H30N2O2. The molecule has 0 amide bonds. The topological polar surface area (TPSA) is 66.6 Å². The van der Waals surface area contributed by atoms with Gasteiger partial charge >= 0.3 is 5.97 Å². The van der Waals surface area contributed by atoms with Crippen molar-refractivity contribution >= 4 is 5.97 Å². The Morgan fingerprint density at radius 3 is 2.68 bits per heavy atom. The number of carbonyl (C=O) groups is 1. The van der Waals surface area contributed by atoms with E-state index in [9.17, 15) is 9.90 Å². The largest absolute Gasteiger partial charge is 0.480 e. The summed E-state index contributed by atoms with van der Waals surface area (Å²) in [4.78, 5) is 13.7. The van der Waals surface area contributed by atoms with Crippen molar-refractivity contribution in [2.75, 3.05) is 13.1 Å². The Labute approximate surface area is 117 Å². The first-order valence-electron chi connectivity index (χ1n) is 7.79. The van der Waals surface area contributed by atoms with E-state index in [2.05, 4.69) is 11.8 Å². The minimum atomic E-state index is -1.03. The van der Waals surface area contributed by atoms with Gasteiger partial charge in [-0.15, -0.1) is 0 Å². The molecule has 1 aliphatic heterocycles. The molecule has 4 nitrogen and oxygen atoms in total. The summed E-state index contributed by atoms with van der Waals surface area (Å²) in [6.45, 7) is 6.26. The van der Waals surface area contributed by atoms with Crippen molar-refractivity contribution in [2.24, 2.45) is 5.73 Å².